The van der Waals surface area contributed by atoms with E-state index in [1.807, 2.05) is 34.5 Å². The fourth-order valence-electron chi connectivity index (χ4n) is 3.62. The Kier molecular flexibility index (Phi) is 6.72. The Labute approximate surface area is 186 Å². The number of ether oxygens (including phenoxy) is 1. The van der Waals surface area contributed by atoms with Gasteiger partial charge in [-0.05, 0) is 36.1 Å². The van der Waals surface area contributed by atoms with Crippen LogP contribution in [0.4, 0.5) is 0 Å². The number of rotatable bonds is 6. The Balaban J connectivity index is 1.29. The molecule has 0 radical (unpaired) electrons. The monoisotopic (exact) mass is 440 g/mol. The van der Waals surface area contributed by atoms with Crippen LogP contribution in [-0.2, 0) is 13.2 Å². The Morgan fingerprint density at radius 1 is 1.03 bits per heavy atom. The first-order chi connectivity index (χ1) is 14.6. The highest BCUT2D eigenvalue weighted by Crippen LogP contribution is 2.25. The van der Waals surface area contributed by atoms with Crippen LogP contribution in [-0.4, -0.2) is 41.9 Å². The third kappa shape index (κ3) is 5.22. The van der Waals surface area contributed by atoms with Gasteiger partial charge < -0.3 is 9.64 Å². The highest BCUT2D eigenvalue weighted by Gasteiger charge is 2.23. The fourth-order valence-corrected chi connectivity index (χ4v) is 4.67. The molecule has 4 nitrogen and oxygen atoms in total. The first-order valence-corrected chi connectivity index (χ1v) is 11.4. The maximum Gasteiger partial charge on any atom is 0.264 e. The van der Waals surface area contributed by atoms with E-state index in [0.29, 0.717) is 17.4 Å². The second-order valence-corrected chi connectivity index (χ2v) is 8.91. The van der Waals surface area contributed by atoms with Gasteiger partial charge in [0.2, 0.25) is 0 Å². The maximum absolute atomic E-state index is 12.9. The summed E-state index contributed by atoms with van der Waals surface area (Å²) in [5.41, 5.74) is 3.60. The van der Waals surface area contributed by atoms with Gasteiger partial charge in [0.1, 0.15) is 12.4 Å². The number of hydrogen-bond acceptors (Lipinski definition) is 4. The summed E-state index contributed by atoms with van der Waals surface area (Å²) in [6.07, 6.45) is 0. The molecule has 1 amide bonds. The van der Waals surface area contributed by atoms with Crippen LogP contribution in [0.15, 0.2) is 60.0 Å². The van der Waals surface area contributed by atoms with Crippen molar-refractivity contribution in [1.82, 2.24) is 9.80 Å². The lowest BCUT2D eigenvalue weighted by Crippen LogP contribution is -2.48. The van der Waals surface area contributed by atoms with Crippen LogP contribution in [0, 0.1) is 6.92 Å². The smallest absolute Gasteiger partial charge is 0.264 e. The van der Waals surface area contributed by atoms with Gasteiger partial charge >= 0.3 is 0 Å². The molecule has 0 aliphatic carbocycles. The molecule has 1 saturated heterocycles. The third-order valence-corrected chi connectivity index (χ3v) is 6.52. The quantitative estimate of drug-likeness (QED) is 0.525. The van der Waals surface area contributed by atoms with Gasteiger partial charge in [-0.15, -0.1) is 11.3 Å². The van der Waals surface area contributed by atoms with Crippen LogP contribution in [0.5, 0.6) is 5.75 Å². The van der Waals surface area contributed by atoms with Crippen molar-refractivity contribution < 1.29 is 9.53 Å². The summed E-state index contributed by atoms with van der Waals surface area (Å²) >= 11 is 7.61. The standard InChI is InChI=1S/C24H25ClN2O2S/c1-18-5-4-6-19(13-18)15-26-9-11-27(12-10-26)24(28)23-14-20(17-30-23)16-29-22-8-3-2-7-21(22)25/h2-8,13-14,17H,9-12,15-16H2,1H3. The van der Waals surface area contributed by atoms with Crippen LogP contribution in [0.1, 0.15) is 26.4 Å². The number of piperazine rings is 1. The average molecular weight is 441 g/mol. The molecule has 6 heteroatoms. The van der Waals surface area contributed by atoms with Crippen molar-refractivity contribution in [2.24, 2.45) is 0 Å². The number of carbonyl (C=O) groups is 1. The lowest BCUT2D eigenvalue weighted by atomic mass is 10.1. The van der Waals surface area contributed by atoms with Crippen molar-refractivity contribution in [2.75, 3.05) is 26.2 Å². The van der Waals surface area contributed by atoms with Gasteiger partial charge in [0.15, 0.2) is 0 Å². The molecule has 0 spiro atoms. The summed E-state index contributed by atoms with van der Waals surface area (Å²) in [5, 5.41) is 2.57. The van der Waals surface area contributed by atoms with E-state index in [1.54, 1.807) is 6.07 Å². The molecule has 1 aliphatic heterocycles. The summed E-state index contributed by atoms with van der Waals surface area (Å²) in [5.74, 6) is 0.766. The molecule has 4 rings (SSSR count). The van der Waals surface area contributed by atoms with Gasteiger partial charge in [-0.1, -0.05) is 53.6 Å². The van der Waals surface area contributed by atoms with Crippen LogP contribution in [0.3, 0.4) is 0 Å². The molecule has 30 heavy (non-hydrogen) atoms. The number of carbonyl (C=O) groups excluding carboxylic acids is 1. The summed E-state index contributed by atoms with van der Waals surface area (Å²) in [6, 6.07) is 18.0. The zero-order valence-corrected chi connectivity index (χ0v) is 18.6. The van der Waals surface area contributed by atoms with E-state index >= 15 is 0 Å². The largest absolute Gasteiger partial charge is 0.487 e. The van der Waals surface area contributed by atoms with Crippen molar-refractivity contribution in [2.45, 2.75) is 20.1 Å². The fraction of sp³-hybridized carbons (Fsp3) is 0.292. The normalized spacial score (nSPS) is 14.7. The minimum atomic E-state index is 0.110. The molecule has 1 aliphatic rings. The predicted octanol–water partition coefficient (Wildman–Crippen LogP) is 5.25. The number of para-hydroxylation sites is 1. The van der Waals surface area contributed by atoms with Gasteiger partial charge in [-0.3, -0.25) is 9.69 Å². The predicted molar refractivity (Wildman–Crippen MR) is 122 cm³/mol. The summed E-state index contributed by atoms with van der Waals surface area (Å²) in [7, 11) is 0. The second kappa shape index (κ2) is 9.65. The van der Waals surface area contributed by atoms with E-state index < -0.39 is 0 Å². The van der Waals surface area contributed by atoms with E-state index in [4.69, 9.17) is 16.3 Å². The Morgan fingerprint density at radius 2 is 1.83 bits per heavy atom. The average Bonchev–Trinajstić information content (AvgIpc) is 3.22. The number of amides is 1. The summed E-state index contributed by atoms with van der Waals surface area (Å²) in [6.45, 7) is 6.77. The van der Waals surface area contributed by atoms with E-state index in [0.717, 1.165) is 43.2 Å². The number of halogens is 1. The van der Waals surface area contributed by atoms with Gasteiger partial charge in [-0.2, -0.15) is 0 Å². The Bertz CT molecular complexity index is 1010. The Hall–Kier alpha value is -2.34. The van der Waals surface area contributed by atoms with E-state index in [1.165, 1.54) is 22.5 Å². The molecule has 0 atom stereocenters. The van der Waals surface area contributed by atoms with Crippen molar-refractivity contribution in [1.29, 1.82) is 0 Å². The lowest BCUT2D eigenvalue weighted by molar-refractivity contribution is 0.0633. The molecule has 0 saturated carbocycles. The number of hydrogen-bond donors (Lipinski definition) is 0. The number of aryl methyl sites for hydroxylation is 1. The van der Waals surface area contributed by atoms with Gasteiger partial charge in [-0.25, -0.2) is 0 Å². The van der Waals surface area contributed by atoms with Gasteiger partial charge in [0.25, 0.3) is 5.91 Å². The molecule has 1 aromatic heterocycles. The summed E-state index contributed by atoms with van der Waals surface area (Å²) in [4.78, 5) is 18.0. The van der Waals surface area contributed by atoms with Crippen molar-refractivity contribution in [3.05, 3.63) is 86.6 Å². The third-order valence-electron chi connectivity index (χ3n) is 5.24. The molecular weight excluding hydrogens is 416 g/mol. The van der Waals surface area contributed by atoms with E-state index in [9.17, 15) is 4.79 Å². The molecule has 3 aromatic rings. The van der Waals surface area contributed by atoms with E-state index in [2.05, 4.69) is 36.1 Å². The van der Waals surface area contributed by atoms with Crippen LogP contribution in [0.25, 0.3) is 0 Å². The highest BCUT2D eigenvalue weighted by molar-refractivity contribution is 7.12. The molecule has 156 valence electrons. The number of thiophene rings is 1. The number of benzene rings is 2. The minimum absolute atomic E-state index is 0.110. The Morgan fingerprint density at radius 3 is 2.60 bits per heavy atom. The molecule has 0 unspecified atom stereocenters. The van der Waals surface area contributed by atoms with Crippen LogP contribution < -0.4 is 4.74 Å². The van der Waals surface area contributed by atoms with Gasteiger partial charge in [0.05, 0.1) is 9.90 Å². The van der Waals surface area contributed by atoms with E-state index in [-0.39, 0.29) is 5.91 Å². The topological polar surface area (TPSA) is 32.8 Å². The zero-order valence-electron chi connectivity index (χ0n) is 17.0. The molecule has 0 N–H and O–H groups in total. The number of nitrogens with zero attached hydrogens (tertiary/aromatic N) is 2. The molecule has 2 heterocycles. The van der Waals surface area contributed by atoms with Crippen LogP contribution in [0.2, 0.25) is 5.02 Å². The molecule has 1 fully saturated rings. The van der Waals surface area contributed by atoms with Crippen molar-refractivity contribution in [3.8, 4) is 5.75 Å². The van der Waals surface area contributed by atoms with Crippen molar-refractivity contribution in [3.63, 3.8) is 0 Å². The minimum Gasteiger partial charge on any atom is -0.487 e. The van der Waals surface area contributed by atoms with Gasteiger partial charge in [0, 0.05) is 38.3 Å². The maximum atomic E-state index is 12.9. The first-order valence-electron chi connectivity index (χ1n) is 10.1. The lowest BCUT2D eigenvalue weighted by Gasteiger charge is -2.34. The molecule has 2 aromatic carbocycles. The van der Waals surface area contributed by atoms with Crippen LogP contribution >= 0.6 is 22.9 Å². The highest BCUT2D eigenvalue weighted by atomic mass is 35.5. The first kappa shape index (κ1) is 20.9. The molecule has 0 bridgehead atoms. The zero-order chi connectivity index (χ0) is 20.9. The SMILES string of the molecule is Cc1cccc(CN2CCN(C(=O)c3cc(COc4ccccc4Cl)cs3)CC2)c1. The second-order valence-electron chi connectivity index (χ2n) is 7.60. The van der Waals surface area contributed by atoms with Crippen molar-refractivity contribution >= 4 is 28.8 Å². The molecular formula is C24H25ClN2O2S. The summed E-state index contributed by atoms with van der Waals surface area (Å²) < 4.78 is 5.78.